The molecule has 0 radical (unpaired) electrons. The second-order valence-electron chi connectivity index (χ2n) is 9.11. The molecule has 1 fully saturated rings. The summed E-state index contributed by atoms with van der Waals surface area (Å²) in [5.74, 6) is -0.664. The highest BCUT2D eigenvalue weighted by Gasteiger charge is 2.41. The third kappa shape index (κ3) is 5.24. The fraction of sp³-hybridized carbons (Fsp3) is 0.565. The standard InChI is InChI=1S/C23H31N3O5/c1-23(2,3)31-22(30)24-13-6-5-8-15-9-7-10-16-17(15)14-26(20(16)28)18-11-12-19(27)25(4)21(18)29/h7,9-10,18H,5-6,8,11-14H2,1-4H3,(H,24,30). The molecule has 0 aromatic heterocycles. The first-order valence-corrected chi connectivity index (χ1v) is 10.8. The molecule has 1 aromatic carbocycles. The number of nitrogens with one attached hydrogen (secondary N) is 1. The van der Waals surface area contributed by atoms with E-state index in [-0.39, 0.29) is 24.1 Å². The maximum Gasteiger partial charge on any atom is 0.407 e. The van der Waals surface area contributed by atoms with Crippen molar-refractivity contribution < 1.29 is 23.9 Å². The molecule has 2 aliphatic heterocycles. The highest BCUT2D eigenvalue weighted by molar-refractivity contribution is 6.05. The molecule has 0 saturated carbocycles. The SMILES string of the molecule is CN1C(=O)CCC(N2Cc3c(CCCCNC(=O)OC(C)(C)C)cccc3C2=O)C1=O. The van der Waals surface area contributed by atoms with Crippen molar-refractivity contribution in [2.24, 2.45) is 0 Å². The maximum atomic E-state index is 13.0. The summed E-state index contributed by atoms with van der Waals surface area (Å²) in [6.45, 7) is 6.38. The number of ether oxygens (including phenoxy) is 1. The van der Waals surface area contributed by atoms with E-state index in [9.17, 15) is 19.2 Å². The van der Waals surface area contributed by atoms with Gasteiger partial charge in [-0.05, 0) is 63.6 Å². The van der Waals surface area contributed by atoms with Crippen LogP contribution in [0.15, 0.2) is 18.2 Å². The number of rotatable bonds is 6. The van der Waals surface area contributed by atoms with Crippen LogP contribution in [0.3, 0.4) is 0 Å². The Morgan fingerprint density at radius 1 is 1.19 bits per heavy atom. The van der Waals surface area contributed by atoms with Crippen LogP contribution in [-0.4, -0.2) is 58.8 Å². The van der Waals surface area contributed by atoms with Gasteiger partial charge in [0.15, 0.2) is 0 Å². The monoisotopic (exact) mass is 429 g/mol. The van der Waals surface area contributed by atoms with E-state index in [0.717, 1.165) is 35.3 Å². The lowest BCUT2D eigenvalue weighted by molar-refractivity contribution is -0.150. The molecule has 1 atom stereocenters. The third-order valence-electron chi connectivity index (χ3n) is 5.63. The lowest BCUT2D eigenvalue weighted by atomic mass is 9.99. The molecule has 0 bridgehead atoms. The van der Waals surface area contributed by atoms with E-state index in [4.69, 9.17) is 4.74 Å². The number of aryl methyl sites for hydroxylation is 1. The normalized spacial score (nSPS) is 19.0. The van der Waals surface area contributed by atoms with Crippen molar-refractivity contribution in [3.8, 4) is 0 Å². The van der Waals surface area contributed by atoms with E-state index in [0.29, 0.717) is 25.1 Å². The molecule has 1 unspecified atom stereocenters. The lowest BCUT2D eigenvalue weighted by Crippen LogP contribution is -2.53. The van der Waals surface area contributed by atoms with Gasteiger partial charge >= 0.3 is 6.09 Å². The van der Waals surface area contributed by atoms with Crippen LogP contribution in [0.1, 0.15) is 67.9 Å². The number of piperidine rings is 1. The van der Waals surface area contributed by atoms with Gasteiger partial charge in [0.2, 0.25) is 5.91 Å². The number of hydrogen-bond acceptors (Lipinski definition) is 5. The zero-order valence-corrected chi connectivity index (χ0v) is 18.7. The molecule has 168 valence electrons. The average Bonchev–Trinajstić information content (AvgIpc) is 3.02. The number of unbranched alkanes of at least 4 members (excludes halogenated alkanes) is 1. The molecule has 8 heteroatoms. The van der Waals surface area contributed by atoms with E-state index in [1.807, 2.05) is 32.9 Å². The van der Waals surface area contributed by atoms with Crippen molar-refractivity contribution in [3.05, 3.63) is 34.9 Å². The van der Waals surface area contributed by atoms with Gasteiger partial charge < -0.3 is 15.0 Å². The Bertz CT molecular complexity index is 890. The summed E-state index contributed by atoms with van der Waals surface area (Å²) >= 11 is 0. The zero-order chi connectivity index (χ0) is 22.8. The third-order valence-corrected chi connectivity index (χ3v) is 5.63. The first kappa shape index (κ1) is 22.8. The smallest absolute Gasteiger partial charge is 0.407 e. The molecular weight excluding hydrogens is 398 g/mol. The van der Waals surface area contributed by atoms with Crippen molar-refractivity contribution in [2.45, 2.75) is 71.1 Å². The number of likely N-dealkylation sites (tertiary alicyclic amines) is 1. The van der Waals surface area contributed by atoms with Crippen molar-refractivity contribution >= 4 is 23.8 Å². The van der Waals surface area contributed by atoms with Gasteiger partial charge in [-0.2, -0.15) is 0 Å². The minimum Gasteiger partial charge on any atom is -0.444 e. The molecule has 3 rings (SSSR count). The molecule has 1 N–H and O–H groups in total. The van der Waals surface area contributed by atoms with Gasteiger partial charge in [-0.1, -0.05) is 12.1 Å². The van der Waals surface area contributed by atoms with Gasteiger partial charge in [0.05, 0.1) is 0 Å². The number of imide groups is 1. The van der Waals surface area contributed by atoms with E-state index >= 15 is 0 Å². The number of benzene rings is 1. The Morgan fingerprint density at radius 2 is 1.94 bits per heavy atom. The minimum absolute atomic E-state index is 0.149. The van der Waals surface area contributed by atoms with Gasteiger partial charge in [-0.3, -0.25) is 19.3 Å². The van der Waals surface area contributed by atoms with Crippen molar-refractivity contribution in [1.29, 1.82) is 0 Å². The Labute approximate surface area is 182 Å². The summed E-state index contributed by atoms with van der Waals surface area (Å²) in [7, 11) is 1.47. The van der Waals surface area contributed by atoms with Crippen LogP contribution < -0.4 is 5.32 Å². The number of likely N-dealkylation sites (N-methyl/N-ethyl adjacent to an activating group) is 1. The van der Waals surface area contributed by atoms with Gasteiger partial charge in [0.25, 0.3) is 11.8 Å². The molecule has 31 heavy (non-hydrogen) atoms. The van der Waals surface area contributed by atoms with Crippen molar-refractivity contribution in [3.63, 3.8) is 0 Å². The van der Waals surface area contributed by atoms with Crippen LogP contribution in [0.5, 0.6) is 0 Å². The highest BCUT2D eigenvalue weighted by Crippen LogP contribution is 2.31. The molecule has 1 saturated heterocycles. The molecule has 0 aliphatic carbocycles. The molecule has 4 amide bonds. The number of nitrogens with zero attached hydrogens (tertiary/aromatic N) is 2. The molecular formula is C23H31N3O5. The van der Waals surface area contributed by atoms with Gasteiger partial charge in [-0.25, -0.2) is 4.79 Å². The van der Waals surface area contributed by atoms with E-state index in [1.54, 1.807) is 11.0 Å². The van der Waals surface area contributed by atoms with Crippen LogP contribution in [0.4, 0.5) is 4.79 Å². The number of hydrogen-bond donors (Lipinski definition) is 1. The van der Waals surface area contributed by atoms with Crippen molar-refractivity contribution in [1.82, 2.24) is 15.1 Å². The minimum atomic E-state index is -0.589. The van der Waals surface area contributed by atoms with E-state index < -0.39 is 17.7 Å². The van der Waals surface area contributed by atoms with E-state index in [2.05, 4.69) is 5.32 Å². The molecule has 2 heterocycles. The second-order valence-corrected chi connectivity index (χ2v) is 9.11. The molecule has 0 spiro atoms. The second kappa shape index (κ2) is 9.08. The Hall–Kier alpha value is -2.90. The van der Waals surface area contributed by atoms with Gasteiger partial charge in [0, 0.05) is 32.1 Å². The summed E-state index contributed by atoms with van der Waals surface area (Å²) in [4.78, 5) is 51.7. The van der Waals surface area contributed by atoms with E-state index in [1.165, 1.54) is 7.05 Å². The van der Waals surface area contributed by atoms with Crippen molar-refractivity contribution in [2.75, 3.05) is 13.6 Å². The molecule has 8 nitrogen and oxygen atoms in total. The molecule has 2 aliphatic rings. The number of amides is 4. The van der Waals surface area contributed by atoms with Crippen LogP contribution in [-0.2, 0) is 27.3 Å². The Morgan fingerprint density at radius 3 is 2.65 bits per heavy atom. The average molecular weight is 430 g/mol. The summed E-state index contributed by atoms with van der Waals surface area (Å²) in [6.07, 6.45) is 2.62. The predicted molar refractivity (Wildman–Crippen MR) is 114 cm³/mol. The largest absolute Gasteiger partial charge is 0.444 e. The predicted octanol–water partition coefficient (Wildman–Crippen LogP) is 2.64. The summed E-state index contributed by atoms with van der Waals surface area (Å²) in [5.41, 5.74) is 2.16. The fourth-order valence-electron chi connectivity index (χ4n) is 4.04. The Kier molecular flexibility index (Phi) is 6.67. The topological polar surface area (TPSA) is 96.0 Å². The number of fused-ring (bicyclic) bond motifs is 1. The van der Waals surface area contributed by atoms with Crippen LogP contribution in [0.25, 0.3) is 0 Å². The van der Waals surface area contributed by atoms with Crippen LogP contribution in [0.2, 0.25) is 0 Å². The number of carbonyl (C=O) groups excluding carboxylic acids is 4. The maximum absolute atomic E-state index is 13.0. The Balaban J connectivity index is 1.56. The number of alkyl carbamates (subject to hydrolysis) is 1. The van der Waals surface area contributed by atoms with Crippen LogP contribution >= 0.6 is 0 Å². The number of carbonyl (C=O) groups is 4. The van der Waals surface area contributed by atoms with Gasteiger partial charge in [-0.15, -0.1) is 0 Å². The molecule has 1 aromatic rings. The fourth-order valence-corrected chi connectivity index (χ4v) is 4.04. The first-order chi connectivity index (χ1) is 14.6. The summed E-state index contributed by atoms with van der Waals surface area (Å²) < 4.78 is 5.22. The highest BCUT2D eigenvalue weighted by atomic mass is 16.6. The quantitative estimate of drug-likeness (QED) is 0.554. The zero-order valence-electron chi connectivity index (χ0n) is 18.7. The van der Waals surface area contributed by atoms with Crippen LogP contribution in [0, 0.1) is 0 Å². The lowest BCUT2D eigenvalue weighted by Gasteiger charge is -2.33. The first-order valence-electron chi connectivity index (χ1n) is 10.8. The van der Waals surface area contributed by atoms with Gasteiger partial charge in [0.1, 0.15) is 11.6 Å². The summed E-state index contributed by atoms with van der Waals surface area (Å²) in [5, 5.41) is 2.75. The summed E-state index contributed by atoms with van der Waals surface area (Å²) in [6, 6.07) is 5.09.